The fraction of sp³-hybridized carbons (Fsp3) is 0.571. The summed E-state index contributed by atoms with van der Waals surface area (Å²) >= 11 is 0. The minimum absolute atomic E-state index is 0.0244. The van der Waals surface area contributed by atoms with E-state index < -0.39 is 0 Å². The zero-order chi connectivity index (χ0) is 14.0. The van der Waals surface area contributed by atoms with Crippen LogP contribution in [0.2, 0.25) is 0 Å². The third-order valence-electron chi connectivity index (χ3n) is 3.45. The van der Waals surface area contributed by atoms with Crippen LogP contribution in [0.15, 0.2) is 18.5 Å². The highest BCUT2D eigenvalue weighted by Crippen LogP contribution is 2.11. The van der Waals surface area contributed by atoms with Crippen LogP contribution in [0.25, 0.3) is 0 Å². The van der Waals surface area contributed by atoms with Gasteiger partial charge in [-0.15, -0.1) is 0 Å². The molecule has 0 N–H and O–H groups in total. The predicted molar refractivity (Wildman–Crippen MR) is 72.7 cm³/mol. The number of aryl methyl sites for hydroxylation is 1. The third-order valence-corrected chi connectivity index (χ3v) is 3.45. The second kappa shape index (κ2) is 5.47. The molecule has 1 fully saturated rings. The number of nitrogens with zero attached hydrogens (tertiary/aromatic N) is 3. The highest BCUT2D eigenvalue weighted by atomic mass is 16.2. The number of aromatic nitrogens is 1. The summed E-state index contributed by atoms with van der Waals surface area (Å²) in [7, 11) is 1.90. The van der Waals surface area contributed by atoms with Gasteiger partial charge in [0.15, 0.2) is 0 Å². The number of rotatable bonds is 2. The number of hydrogen-bond donors (Lipinski definition) is 0. The Morgan fingerprint density at radius 1 is 1.11 bits per heavy atom. The lowest BCUT2D eigenvalue weighted by Crippen LogP contribution is -2.51. The van der Waals surface area contributed by atoms with Gasteiger partial charge >= 0.3 is 0 Å². The third kappa shape index (κ3) is 2.97. The van der Waals surface area contributed by atoms with E-state index in [1.165, 1.54) is 0 Å². The molecule has 1 aromatic heterocycles. The van der Waals surface area contributed by atoms with E-state index in [1.54, 1.807) is 0 Å². The van der Waals surface area contributed by atoms with E-state index in [1.807, 2.05) is 53.7 Å². The van der Waals surface area contributed by atoms with Crippen LogP contribution in [-0.2, 0) is 11.8 Å². The molecule has 2 amide bonds. The van der Waals surface area contributed by atoms with E-state index >= 15 is 0 Å². The molecule has 0 radical (unpaired) electrons. The summed E-state index contributed by atoms with van der Waals surface area (Å²) in [4.78, 5) is 27.8. The van der Waals surface area contributed by atoms with Gasteiger partial charge in [-0.2, -0.15) is 0 Å². The lowest BCUT2D eigenvalue weighted by atomic mass is 10.1. The Bertz CT molecular complexity index is 471. The van der Waals surface area contributed by atoms with Crippen LogP contribution in [0.5, 0.6) is 0 Å². The summed E-state index contributed by atoms with van der Waals surface area (Å²) in [5.41, 5.74) is 0.714. The quantitative estimate of drug-likeness (QED) is 0.798. The van der Waals surface area contributed by atoms with Gasteiger partial charge in [-0.1, -0.05) is 13.8 Å². The maximum atomic E-state index is 12.2. The molecular weight excluding hydrogens is 242 g/mol. The maximum Gasteiger partial charge on any atom is 0.255 e. The van der Waals surface area contributed by atoms with Gasteiger partial charge in [0.05, 0.1) is 5.56 Å². The molecule has 5 nitrogen and oxygen atoms in total. The van der Waals surface area contributed by atoms with Crippen molar-refractivity contribution >= 4 is 11.8 Å². The molecule has 1 aliphatic rings. The normalized spacial score (nSPS) is 16.0. The first-order valence-electron chi connectivity index (χ1n) is 6.69. The molecule has 19 heavy (non-hydrogen) atoms. The van der Waals surface area contributed by atoms with Crippen LogP contribution in [0, 0.1) is 5.92 Å². The maximum absolute atomic E-state index is 12.2. The molecule has 0 atom stereocenters. The van der Waals surface area contributed by atoms with Crippen LogP contribution < -0.4 is 0 Å². The smallest absolute Gasteiger partial charge is 0.255 e. The van der Waals surface area contributed by atoms with Crippen molar-refractivity contribution in [3.63, 3.8) is 0 Å². The molecule has 0 spiro atoms. The van der Waals surface area contributed by atoms with Crippen LogP contribution in [0.4, 0.5) is 0 Å². The van der Waals surface area contributed by atoms with Crippen molar-refractivity contribution in [1.29, 1.82) is 0 Å². The van der Waals surface area contributed by atoms with Gasteiger partial charge in [-0.3, -0.25) is 9.59 Å². The molecule has 5 heteroatoms. The zero-order valence-corrected chi connectivity index (χ0v) is 11.8. The van der Waals surface area contributed by atoms with Crippen molar-refractivity contribution < 1.29 is 9.59 Å². The highest BCUT2D eigenvalue weighted by molar-refractivity contribution is 5.94. The number of carbonyl (C=O) groups is 2. The first-order valence-corrected chi connectivity index (χ1v) is 6.69. The van der Waals surface area contributed by atoms with Gasteiger partial charge in [0.25, 0.3) is 5.91 Å². The van der Waals surface area contributed by atoms with Crippen molar-refractivity contribution in [2.45, 2.75) is 13.8 Å². The first kappa shape index (κ1) is 13.6. The van der Waals surface area contributed by atoms with E-state index in [4.69, 9.17) is 0 Å². The summed E-state index contributed by atoms with van der Waals surface area (Å²) in [6, 6.07) is 1.83. The fourth-order valence-electron chi connectivity index (χ4n) is 2.31. The Morgan fingerprint density at radius 2 is 1.68 bits per heavy atom. The van der Waals surface area contributed by atoms with Gasteiger partial charge in [0.1, 0.15) is 0 Å². The number of piperazine rings is 1. The van der Waals surface area contributed by atoms with E-state index in [-0.39, 0.29) is 17.7 Å². The molecular formula is C14H21N3O2. The second-order valence-electron chi connectivity index (χ2n) is 5.34. The van der Waals surface area contributed by atoms with Gasteiger partial charge in [0, 0.05) is 51.5 Å². The Balaban J connectivity index is 1.93. The number of hydrogen-bond acceptors (Lipinski definition) is 2. The zero-order valence-electron chi connectivity index (χ0n) is 11.8. The van der Waals surface area contributed by atoms with Crippen LogP contribution in [-0.4, -0.2) is 52.4 Å². The van der Waals surface area contributed by atoms with Gasteiger partial charge in [0.2, 0.25) is 5.91 Å². The van der Waals surface area contributed by atoms with Crippen molar-refractivity contribution in [2.75, 3.05) is 26.2 Å². The number of carbonyl (C=O) groups excluding carboxylic acids is 2. The standard InChI is InChI=1S/C14H21N3O2/c1-11(2)13(18)16-6-8-17(9-7-16)14(19)12-4-5-15(3)10-12/h4-5,10-11H,6-9H2,1-3H3. The monoisotopic (exact) mass is 263 g/mol. The molecule has 2 heterocycles. The average Bonchev–Trinajstić information content (AvgIpc) is 2.84. The molecule has 1 saturated heterocycles. The van der Waals surface area contributed by atoms with Crippen LogP contribution in [0.3, 0.4) is 0 Å². The molecule has 1 aliphatic heterocycles. The summed E-state index contributed by atoms with van der Waals surface area (Å²) < 4.78 is 1.87. The Morgan fingerprint density at radius 3 is 2.16 bits per heavy atom. The summed E-state index contributed by atoms with van der Waals surface area (Å²) in [6.45, 7) is 6.32. The summed E-state index contributed by atoms with van der Waals surface area (Å²) in [6.07, 6.45) is 3.69. The minimum atomic E-state index is 0.0244. The van der Waals surface area contributed by atoms with Crippen molar-refractivity contribution in [3.8, 4) is 0 Å². The molecule has 0 unspecified atom stereocenters. The van der Waals surface area contributed by atoms with Crippen molar-refractivity contribution in [1.82, 2.24) is 14.4 Å². The largest absolute Gasteiger partial charge is 0.356 e. The molecule has 2 rings (SSSR count). The first-order chi connectivity index (χ1) is 8.99. The van der Waals surface area contributed by atoms with Crippen LogP contribution in [0.1, 0.15) is 24.2 Å². The topological polar surface area (TPSA) is 45.6 Å². The van der Waals surface area contributed by atoms with Gasteiger partial charge < -0.3 is 14.4 Å². The Labute approximate surface area is 113 Å². The van der Waals surface area contributed by atoms with E-state index in [0.29, 0.717) is 31.7 Å². The minimum Gasteiger partial charge on any atom is -0.356 e. The number of amides is 2. The van der Waals surface area contributed by atoms with E-state index in [2.05, 4.69) is 0 Å². The summed E-state index contributed by atoms with van der Waals surface area (Å²) in [5.74, 6) is 0.250. The Hall–Kier alpha value is -1.78. The highest BCUT2D eigenvalue weighted by Gasteiger charge is 2.26. The molecule has 1 aromatic rings. The van der Waals surface area contributed by atoms with Crippen molar-refractivity contribution in [2.24, 2.45) is 13.0 Å². The lowest BCUT2D eigenvalue weighted by Gasteiger charge is -2.35. The molecule has 104 valence electrons. The van der Waals surface area contributed by atoms with E-state index in [9.17, 15) is 9.59 Å². The molecule has 0 aromatic carbocycles. The molecule has 0 saturated carbocycles. The molecule has 0 aliphatic carbocycles. The van der Waals surface area contributed by atoms with Crippen molar-refractivity contribution in [3.05, 3.63) is 24.0 Å². The fourth-order valence-corrected chi connectivity index (χ4v) is 2.31. The van der Waals surface area contributed by atoms with Gasteiger partial charge in [-0.25, -0.2) is 0 Å². The van der Waals surface area contributed by atoms with E-state index in [0.717, 1.165) is 0 Å². The SMILES string of the molecule is CC(C)C(=O)N1CCN(C(=O)c2ccn(C)c2)CC1. The Kier molecular flexibility index (Phi) is 3.93. The predicted octanol–water partition coefficient (Wildman–Crippen LogP) is 0.965. The van der Waals surface area contributed by atoms with Crippen LogP contribution >= 0.6 is 0 Å². The van der Waals surface area contributed by atoms with Gasteiger partial charge in [-0.05, 0) is 6.07 Å². The second-order valence-corrected chi connectivity index (χ2v) is 5.34. The lowest BCUT2D eigenvalue weighted by molar-refractivity contribution is -0.135. The summed E-state index contributed by atoms with van der Waals surface area (Å²) in [5, 5.41) is 0. The molecule has 0 bridgehead atoms. The average molecular weight is 263 g/mol.